The van der Waals surface area contributed by atoms with Crippen LogP contribution in [0.1, 0.15) is 36.8 Å². The topological polar surface area (TPSA) is 44.5 Å². The van der Waals surface area contributed by atoms with Crippen LogP contribution in [-0.2, 0) is 5.54 Å². The molecule has 0 atom stereocenters. The number of ether oxygens (including phenoxy) is 2. The van der Waals surface area contributed by atoms with Crippen LogP contribution in [0.3, 0.4) is 0 Å². The Balaban J connectivity index is 2.14. The van der Waals surface area contributed by atoms with Gasteiger partial charge in [-0.05, 0) is 31.4 Å². The molecule has 1 aromatic rings. The van der Waals surface area contributed by atoms with Crippen molar-refractivity contribution in [1.29, 1.82) is 0 Å². The molecular weight excluding hydrogens is 294 g/mol. The molecule has 1 fully saturated rings. The van der Waals surface area contributed by atoms with Crippen LogP contribution in [0.5, 0.6) is 11.5 Å². The quantitative estimate of drug-likeness (QED) is 0.866. The van der Waals surface area contributed by atoms with E-state index in [1.807, 2.05) is 6.07 Å². The van der Waals surface area contributed by atoms with Crippen molar-refractivity contribution in [3.05, 3.63) is 21.7 Å². The van der Waals surface area contributed by atoms with Crippen LogP contribution in [0.4, 0.5) is 0 Å². The fourth-order valence-corrected chi connectivity index (χ4v) is 4.08. The van der Waals surface area contributed by atoms with Crippen LogP contribution in [0.15, 0.2) is 10.5 Å². The molecule has 1 heterocycles. The molecule has 0 bridgehead atoms. The van der Waals surface area contributed by atoms with Gasteiger partial charge < -0.3 is 15.2 Å². The summed E-state index contributed by atoms with van der Waals surface area (Å²) in [7, 11) is 0. The van der Waals surface area contributed by atoms with E-state index >= 15 is 0 Å². The van der Waals surface area contributed by atoms with E-state index in [2.05, 4.69) is 22.9 Å². The van der Waals surface area contributed by atoms with Crippen molar-refractivity contribution in [3.8, 4) is 11.5 Å². The van der Waals surface area contributed by atoms with Gasteiger partial charge in [0.2, 0.25) is 0 Å². The Morgan fingerprint density at radius 3 is 2.61 bits per heavy atom. The summed E-state index contributed by atoms with van der Waals surface area (Å²) in [5.74, 6) is 1.70. The standard InChI is InChI=1S/C14H18BrNO2/c1-9-12(14(16)4-2-3-5-14)10(15)8-11-13(9)18-7-6-17-11/h8H,2-7,16H2,1H3. The molecule has 98 valence electrons. The van der Waals surface area contributed by atoms with Crippen molar-refractivity contribution >= 4 is 15.9 Å². The lowest BCUT2D eigenvalue weighted by molar-refractivity contribution is 0.169. The molecule has 2 aliphatic rings. The third kappa shape index (κ3) is 1.82. The van der Waals surface area contributed by atoms with E-state index in [-0.39, 0.29) is 5.54 Å². The van der Waals surface area contributed by atoms with Crippen molar-refractivity contribution < 1.29 is 9.47 Å². The Labute approximate surface area is 116 Å². The average Bonchev–Trinajstić information content (AvgIpc) is 2.77. The van der Waals surface area contributed by atoms with Crippen LogP contribution in [0, 0.1) is 6.92 Å². The molecule has 0 unspecified atom stereocenters. The SMILES string of the molecule is Cc1c2c(cc(Br)c1C1(N)CCCC1)OCCO2. The average molecular weight is 312 g/mol. The van der Waals surface area contributed by atoms with Crippen LogP contribution in [0.25, 0.3) is 0 Å². The van der Waals surface area contributed by atoms with Crippen LogP contribution in [-0.4, -0.2) is 13.2 Å². The van der Waals surface area contributed by atoms with E-state index in [1.165, 1.54) is 18.4 Å². The largest absolute Gasteiger partial charge is 0.486 e. The van der Waals surface area contributed by atoms with Crippen LogP contribution >= 0.6 is 15.9 Å². The minimum Gasteiger partial charge on any atom is -0.486 e. The Morgan fingerprint density at radius 1 is 1.22 bits per heavy atom. The first-order valence-corrected chi connectivity index (χ1v) is 7.29. The fourth-order valence-electron chi connectivity index (χ4n) is 3.18. The first-order valence-electron chi connectivity index (χ1n) is 6.50. The van der Waals surface area contributed by atoms with Crippen molar-refractivity contribution in [2.45, 2.75) is 38.1 Å². The minimum absolute atomic E-state index is 0.210. The summed E-state index contributed by atoms with van der Waals surface area (Å²) in [6, 6.07) is 2.00. The Hall–Kier alpha value is -0.740. The van der Waals surface area contributed by atoms with Gasteiger partial charge in [0.15, 0.2) is 11.5 Å². The van der Waals surface area contributed by atoms with Gasteiger partial charge in [0.1, 0.15) is 13.2 Å². The Morgan fingerprint density at radius 2 is 1.89 bits per heavy atom. The van der Waals surface area contributed by atoms with E-state index in [9.17, 15) is 0 Å². The normalized spacial score (nSPS) is 21.1. The van der Waals surface area contributed by atoms with Gasteiger partial charge in [-0.15, -0.1) is 0 Å². The molecule has 0 spiro atoms. The molecule has 18 heavy (non-hydrogen) atoms. The van der Waals surface area contributed by atoms with E-state index in [1.54, 1.807) is 0 Å². The number of fused-ring (bicyclic) bond motifs is 1. The smallest absolute Gasteiger partial charge is 0.164 e. The molecule has 3 nitrogen and oxygen atoms in total. The fraction of sp³-hybridized carbons (Fsp3) is 0.571. The van der Waals surface area contributed by atoms with Crippen LogP contribution in [0.2, 0.25) is 0 Å². The first-order chi connectivity index (χ1) is 8.62. The lowest BCUT2D eigenvalue weighted by Gasteiger charge is -2.30. The van der Waals surface area contributed by atoms with E-state index in [4.69, 9.17) is 15.2 Å². The maximum atomic E-state index is 6.59. The highest BCUT2D eigenvalue weighted by Gasteiger charge is 2.36. The molecule has 0 aromatic heterocycles. The van der Waals surface area contributed by atoms with Gasteiger partial charge in [0, 0.05) is 15.6 Å². The van der Waals surface area contributed by atoms with E-state index < -0.39 is 0 Å². The zero-order valence-corrected chi connectivity index (χ0v) is 12.2. The number of nitrogens with two attached hydrogens (primary N) is 1. The van der Waals surface area contributed by atoms with E-state index in [0.717, 1.165) is 34.4 Å². The van der Waals surface area contributed by atoms with Crippen LogP contribution < -0.4 is 15.2 Å². The third-order valence-electron chi connectivity index (χ3n) is 4.02. The Bertz CT molecular complexity index is 481. The second-order valence-corrected chi connectivity index (χ2v) is 6.10. The first kappa shape index (κ1) is 12.3. The van der Waals surface area contributed by atoms with Crippen molar-refractivity contribution in [3.63, 3.8) is 0 Å². The van der Waals surface area contributed by atoms with Gasteiger partial charge >= 0.3 is 0 Å². The predicted octanol–water partition coefficient (Wildman–Crippen LogP) is 3.26. The number of rotatable bonds is 1. The molecule has 0 radical (unpaired) electrons. The molecule has 0 saturated heterocycles. The highest BCUT2D eigenvalue weighted by Crippen LogP contribution is 2.47. The Kier molecular flexibility index (Phi) is 3.02. The van der Waals surface area contributed by atoms with Gasteiger partial charge in [0.05, 0.1) is 0 Å². The summed E-state index contributed by atoms with van der Waals surface area (Å²) in [6.07, 6.45) is 4.51. The van der Waals surface area contributed by atoms with Gasteiger partial charge in [-0.3, -0.25) is 0 Å². The molecule has 1 aliphatic heterocycles. The molecule has 1 aliphatic carbocycles. The summed E-state index contributed by atoms with van der Waals surface area (Å²) in [5.41, 5.74) is 8.71. The molecule has 1 saturated carbocycles. The monoisotopic (exact) mass is 311 g/mol. The second kappa shape index (κ2) is 4.42. The number of halogens is 1. The van der Waals surface area contributed by atoms with Crippen molar-refractivity contribution in [2.75, 3.05) is 13.2 Å². The van der Waals surface area contributed by atoms with Crippen molar-refractivity contribution in [1.82, 2.24) is 0 Å². The van der Waals surface area contributed by atoms with Gasteiger partial charge in [-0.1, -0.05) is 28.8 Å². The number of benzene rings is 1. The molecule has 0 amide bonds. The molecular formula is C14H18BrNO2. The molecule has 3 rings (SSSR count). The summed E-state index contributed by atoms with van der Waals surface area (Å²) < 4.78 is 12.4. The molecule has 2 N–H and O–H groups in total. The third-order valence-corrected chi connectivity index (χ3v) is 4.64. The number of hydrogen-bond donors (Lipinski definition) is 1. The minimum atomic E-state index is -0.210. The maximum absolute atomic E-state index is 6.59. The highest BCUT2D eigenvalue weighted by atomic mass is 79.9. The second-order valence-electron chi connectivity index (χ2n) is 5.25. The predicted molar refractivity (Wildman–Crippen MR) is 74.2 cm³/mol. The zero-order valence-electron chi connectivity index (χ0n) is 10.6. The lowest BCUT2D eigenvalue weighted by Crippen LogP contribution is -2.35. The summed E-state index contributed by atoms with van der Waals surface area (Å²) >= 11 is 3.66. The zero-order chi connectivity index (χ0) is 12.8. The van der Waals surface area contributed by atoms with E-state index in [0.29, 0.717) is 13.2 Å². The summed E-state index contributed by atoms with van der Waals surface area (Å²) in [6.45, 7) is 3.32. The summed E-state index contributed by atoms with van der Waals surface area (Å²) in [5, 5.41) is 0. The molecule has 1 aromatic carbocycles. The maximum Gasteiger partial charge on any atom is 0.164 e. The van der Waals surface area contributed by atoms with Gasteiger partial charge in [0.25, 0.3) is 0 Å². The number of hydrogen-bond acceptors (Lipinski definition) is 3. The van der Waals surface area contributed by atoms with Gasteiger partial charge in [-0.2, -0.15) is 0 Å². The van der Waals surface area contributed by atoms with Crippen molar-refractivity contribution in [2.24, 2.45) is 5.73 Å². The highest BCUT2D eigenvalue weighted by molar-refractivity contribution is 9.10. The lowest BCUT2D eigenvalue weighted by atomic mass is 9.85. The molecule has 4 heteroatoms. The van der Waals surface area contributed by atoms with Gasteiger partial charge in [-0.25, -0.2) is 0 Å². The summed E-state index contributed by atoms with van der Waals surface area (Å²) in [4.78, 5) is 0.